The lowest BCUT2D eigenvalue weighted by molar-refractivity contribution is -0.161. The zero-order valence-electron chi connectivity index (χ0n) is 38.0. The van der Waals surface area contributed by atoms with Gasteiger partial charge in [0.25, 0.3) is 0 Å². The molecule has 0 aliphatic heterocycles. The van der Waals surface area contributed by atoms with Crippen molar-refractivity contribution in [1.82, 2.24) is 0 Å². The molecule has 9 heteroatoms. The van der Waals surface area contributed by atoms with Crippen molar-refractivity contribution in [3.8, 4) is 0 Å². The molecule has 1 N–H and O–H groups in total. The highest BCUT2D eigenvalue weighted by Crippen LogP contribution is 2.43. The number of phosphoric acid groups is 1. The van der Waals surface area contributed by atoms with Crippen LogP contribution in [0.5, 0.6) is 0 Å². The Morgan fingerprint density at radius 2 is 0.828 bits per heavy atom. The predicted molar refractivity (Wildman–Crippen MR) is 244 cm³/mol. The van der Waals surface area contributed by atoms with E-state index in [0.29, 0.717) is 12.8 Å². The molecule has 0 rings (SSSR count). The molecule has 8 nitrogen and oxygen atoms in total. The molecule has 0 saturated carbocycles. The van der Waals surface area contributed by atoms with E-state index in [1.807, 2.05) is 0 Å². The topological polar surface area (TPSA) is 108 Å². The van der Waals surface area contributed by atoms with Gasteiger partial charge in [-0.1, -0.05) is 185 Å². The fourth-order valence-electron chi connectivity index (χ4n) is 6.83. The maximum Gasteiger partial charge on any atom is 0.472 e. The van der Waals surface area contributed by atoms with Crippen LogP contribution in [0.1, 0.15) is 239 Å². The third-order valence-corrected chi connectivity index (χ3v) is 11.5. The van der Waals surface area contributed by atoms with Gasteiger partial charge in [-0.15, -0.1) is 0 Å². The first-order valence-corrected chi connectivity index (χ1v) is 25.8. The Balaban J connectivity index is 4.01. The van der Waals surface area contributed by atoms with E-state index in [0.717, 1.165) is 44.9 Å². The molecule has 0 saturated heterocycles. The second-order valence-corrected chi connectivity index (χ2v) is 17.6. The Morgan fingerprint density at radius 3 is 1.28 bits per heavy atom. The largest absolute Gasteiger partial charge is 0.472 e. The van der Waals surface area contributed by atoms with Gasteiger partial charge in [0.15, 0.2) is 6.10 Å². The minimum Gasteiger partial charge on any atom is -0.462 e. The predicted octanol–water partition coefficient (Wildman–Crippen LogP) is 15.6. The molecule has 0 aliphatic carbocycles. The first-order valence-electron chi connectivity index (χ1n) is 24.3. The van der Waals surface area contributed by atoms with E-state index in [4.69, 9.17) is 18.5 Å². The zero-order chi connectivity index (χ0) is 42.5. The van der Waals surface area contributed by atoms with Crippen molar-refractivity contribution in [2.24, 2.45) is 0 Å². The van der Waals surface area contributed by atoms with Crippen LogP contribution >= 0.6 is 7.82 Å². The molecule has 0 bridgehead atoms. The summed E-state index contributed by atoms with van der Waals surface area (Å²) < 4.78 is 32.8. The van der Waals surface area contributed by atoms with E-state index in [1.54, 1.807) is 6.92 Å². The number of esters is 2. The SMILES string of the molecule is CCCCC/C=C\C/C=C\CCCCCCCCCCCC(=O)OC(COC(=O)CCCCCCCCCCC/C=C\CCCCCCCC)COP(=O)(O)OCC. The maximum absolute atomic E-state index is 12.6. The van der Waals surface area contributed by atoms with Gasteiger partial charge in [0.05, 0.1) is 13.2 Å². The summed E-state index contributed by atoms with van der Waals surface area (Å²) in [6.07, 6.45) is 52.0. The van der Waals surface area contributed by atoms with Gasteiger partial charge < -0.3 is 14.4 Å². The first-order chi connectivity index (χ1) is 28.3. The number of hydrogen-bond donors (Lipinski definition) is 1. The normalized spacial score (nSPS) is 13.5. The van der Waals surface area contributed by atoms with Gasteiger partial charge in [-0.05, 0) is 77.6 Å². The maximum atomic E-state index is 12.6. The number of phosphoric ester groups is 1. The fraction of sp³-hybridized carbons (Fsp3) is 0.837. The molecule has 2 unspecified atom stereocenters. The van der Waals surface area contributed by atoms with Crippen LogP contribution in [-0.2, 0) is 32.7 Å². The van der Waals surface area contributed by atoms with E-state index in [9.17, 15) is 19.0 Å². The van der Waals surface area contributed by atoms with Crippen LogP contribution in [0, 0.1) is 0 Å². The van der Waals surface area contributed by atoms with Crippen molar-refractivity contribution in [2.45, 2.75) is 245 Å². The number of carbonyl (C=O) groups excluding carboxylic acids is 2. The molecule has 58 heavy (non-hydrogen) atoms. The second-order valence-electron chi connectivity index (χ2n) is 16.1. The lowest BCUT2D eigenvalue weighted by Gasteiger charge is -2.19. The molecule has 340 valence electrons. The van der Waals surface area contributed by atoms with Gasteiger partial charge in [0, 0.05) is 12.8 Å². The molecule has 0 aliphatic rings. The Labute approximate surface area is 357 Å². The van der Waals surface area contributed by atoms with Gasteiger partial charge in [0.2, 0.25) is 0 Å². The Kier molecular flexibility index (Phi) is 43.5. The van der Waals surface area contributed by atoms with Crippen molar-refractivity contribution in [3.63, 3.8) is 0 Å². The van der Waals surface area contributed by atoms with Crippen LogP contribution in [0.3, 0.4) is 0 Å². The Bertz CT molecular complexity index is 1040. The van der Waals surface area contributed by atoms with Crippen molar-refractivity contribution >= 4 is 19.8 Å². The Hall–Kier alpha value is -1.73. The summed E-state index contributed by atoms with van der Waals surface area (Å²) >= 11 is 0. The zero-order valence-corrected chi connectivity index (χ0v) is 38.9. The number of hydrogen-bond acceptors (Lipinski definition) is 7. The van der Waals surface area contributed by atoms with E-state index in [1.165, 1.54) is 154 Å². The molecule has 0 heterocycles. The lowest BCUT2D eigenvalue weighted by atomic mass is 10.1. The van der Waals surface area contributed by atoms with Gasteiger partial charge in [-0.3, -0.25) is 18.6 Å². The van der Waals surface area contributed by atoms with E-state index in [2.05, 4.69) is 50.3 Å². The first kappa shape index (κ1) is 56.3. The second kappa shape index (κ2) is 44.8. The summed E-state index contributed by atoms with van der Waals surface area (Å²) in [7, 11) is -4.28. The standard InChI is InChI=1S/C49H91O8P/c1-4-7-9-11-13-15-17-19-21-23-25-27-29-31-33-35-37-39-41-43-48(50)54-45-47(46-56-58(52,53)55-6-3)57-49(51)44-42-40-38-36-34-32-30-28-26-24-22-20-18-16-14-12-10-8-5-2/h14,16,19-22,47H,4-13,15,17-18,23-46H2,1-3H3,(H,52,53)/b16-14-,21-19-,22-20-. The van der Waals surface area contributed by atoms with Gasteiger partial charge in [0.1, 0.15) is 6.61 Å². The molecular formula is C49H91O8P. The smallest absolute Gasteiger partial charge is 0.462 e. The van der Waals surface area contributed by atoms with Crippen molar-refractivity contribution in [1.29, 1.82) is 0 Å². The van der Waals surface area contributed by atoms with Crippen molar-refractivity contribution < 1.29 is 37.6 Å². The summed E-state index contributed by atoms with van der Waals surface area (Å²) in [5.41, 5.74) is 0. The van der Waals surface area contributed by atoms with Crippen LogP contribution in [0.2, 0.25) is 0 Å². The minimum absolute atomic E-state index is 0.000353. The molecule has 2 atom stereocenters. The van der Waals surface area contributed by atoms with Gasteiger partial charge in [-0.2, -0.15) is 0 Å². The monoisotopic (exact) mass is 839 g/mol. The van der Waals surface area contributed by atoms with Crippen LogP contribution in [0.25, 0.3) is 0 Å². The highest BCUT2D eigenvalue weighted by atomic mass is 31.2. The summed E-state index contributed by atoms with van der Waals surface area (Å²) in [4.78, 5) is 34.9. The quantitative estimate of drug-likeness (QED) is 0.0279. The minimum atomic E-state index is -4.28. The number of rotatable bonds is 45. The fourth-order valence-corrected chi connectivity index (χ4v) is 7.59. The molecule has 0 amide bonds. The summed E-state index contributed by atoms with van der Waals surface area (Å²) in [6, 6.07) is 0. The molecule has 0 aromatic heterocycles. The van der Waals surface area contributed by atoms with E-state index >= 15 is 0 Å². The number of ether oxygens (including phenoxy) is 2. The summed E-state index contributed by atoms with van der Waals surface area (Å²) in [5, 5.41) is 0. The van der Waals surface area contributed by atoms with Crippen LogP contribution in [0.15, 0.2) is 36.5 Å². The third-order valence-electron chi connectivity index (χ3n) is 10.4. The van der Waals surface area contributed by atoms with Crippen LogP contribution in [-0.4, -0.2) is 42.8 Å². The van der Waals surface area contributed by atoms with Crippen LogP contribution in [0.4, 0.5) is 0 Å². The van der Waals surface area contributed by atoms with E-state index < -0.39 is 26.5 Å². The Morgan fingerprint density at radius 1 is 0.466 bits per heavy atom. The van der Waals surface area contributed by atoms with E-state index in [-0.39, 0.29) is 25.6 Å². The highest BCUT2D eigenvalue weighted by Gasteiger charge is 2.25. The van der Waals surface area contributed by atoms with Gasteiger partial charge >= 0.3 is 19.8 Å². The average Bonchev–Trinajstić information content (AvgIpc) is 3.20. The molecule has 0 radical (unpaired) electrons. The number of unbranched alkanes of at least 4 members (excludes halogenated alkanes) is 27. The van der Waals surface area contributed by atoms with Crippen LogP contribution < -0.4 is 0 Å². The molecule has 0 aromatic rings. The number of allylic oxidation sites excluding steroid dienone is 6. The summed E-state index contributed by atoms with van der Waals surface area (Å²) in [6.45, 7) is 5.47. The molecule has 0 fully saturated rings. The molecular weight excluding hydrogens is 748 g/mol. The molecule has 0 spiro atoms. The average molecular weight is 839 g/mol. The highest BCUT2D eigenvalue weighted by molar-refractivity contribution is 7.47. The van der Waals surface area contributed by atoms with Crippen molar-refractivity contribution in [2.75, 3.05) is 19.8 Å². The lowest BCUT2D eigenvalue weighted by Crippen LogP contribution is -2.29. The number of carbonyl (C=O) groups is 2. The van der Waals surface area contributed by atoms with Gasteiger partial charge in [-0.25, -0.2) is 4.57 Å². The van der Waals surface area contributed by atoms with Crippen molar-refractivity contribution in [3.05, 3.63) is 36.5 Å². The third kappa shape index (κ3) is 43.8. The molecule has 0 aromatic carbocycles. The summed E-state index contributed by atoms with van der Waals surface area (Å²) in [5.74, 6) is -0.797.